The van der Waals surface area contributed by atoms with Gasteiger partial charge in [0.15, 0.2) is 0 Å². The van der Waals surface area contributed by atoms with Crippen LogP contribution < -0.4 is 5.32 Å². The average Bonchev–Trinajstić information content (AvgIpc) is 2.91. The molecule has 1 aliphatic heterocycles. The monoisotopic (exact) mass is 484 g/mol. The maximum absolute atomic E-state index is 6.10. The van der Waals surface area contributed by atoms with Crippen LogP contribution in [-0.4, -0.2) is 57.8 Å². The van der Waals surface area contributed by atoms with Gasteiger partial charge in [0.1, 0.15) is 5.71 Å². The highest BCUT2D eigenvalue weighted by Crippen LogP contribution is 2.24. The number of nitrogens with one attached hydrogen (secondary N) is 1. The Balaban J connectivity index is 1.14. The molecule has 0 spiro atoms. The molecule has 7 heteroatoms. The molecule has 1 saturated heterocycles. The molecule has 1 N–H and O–H groups in total. The van der Waals surface area contributed by atoms with Crippen LogP contribution in [0.2, 0.25) is 5.02 Å². The number of rotatable bonds is 8. The number of piperidine rings is 1. The first-order chi connectivity index (χ1) is 17.3. The Kier molecular flexibility index (Phi) is 7.61. The number of benzene rings is 1. The molecular formula is C28H29ClN6. The maximum Gasteiger partial charge on any atom is 0.109 e. The van der Waals surface area contributed by atoms with Crippen molar-refractivity contribution in [3.8, 4) is 0 Å². The molecule has 0 amide bonds. The van der Waals surface area contributed by atoms with E-state index in [9.17, 15) is 0 Å². The first-order valence-electron chi connectivity index (χ1n) is 12.2. The number of aromatic nitrogens is 3. The van der Waals surface area contributed by atoms with Crippen LogP contribution in [0, 0.1) is 0 Å². The Bertz CT molecular complexity index is 1230. The van der Waals surface area contributed by atoms with E-state index in [1.54, 1.807) is 0 Å². The van der Waals surface area contributed by atoms with Gasteiger partial charge < -0.3 is 10.2 Å². The second-order valence-corrected chi connectivity index (χ2v) is 9.22. The van der Waals surface area contributed by atoms with Crippen LogP contribution >= 0.6 is 11.6 Å². The average molecular weight is 485 g/mol. The molecule has 178 valence electrons. The number of likely N-dealkylation sites (tertiary alicyclic amines) is 1. The number of halogens is 1. The number of hydrogen-bond donors (Lipinski definition) is 1. The third-order valence-electron chi connectivity index (χ3n) is 6.36. The minimum absolute atomic E-state index is 0.290. The van der Waals surface area contributed by atoms with Gasteiger partial charge in [0, 0.05) is 54.3 Å². The zero-order valence-corrected chi connectivity index (χ0v) is 20.4. The van der Waals surface area contributed by atoms with Crippen LogP contribution in [0.1, 0.15) is 30.7 Å². The summed E-state index contributed by atoms with van der Waals surface area (Å²) in [5, 5.41) is 5.39. The predicted octanol–water partition coefficient (Wildman–Crippen LogP) is 5.48. The van der Waals surface area contributed by atoms with Gasteiger partial charge in [0.25, 0.3) is 0 Å². The van der Waals surface area contributed by atoms with Crippen molar-refractivity contribution in [1.82, 2.24) is 19.9 Å². The summed E-state index contributed by atoms with van der Waals surface area (Å²) >= 11 is 6.10. The summed E-state index contributed by atoms with van der Waals surface area (Å²) in [6, 6.07) is 20.0. The van der Waals surface area contributed by atoms with E-state index in [0.717, 1.165) is 79.1 Å². The van der Waals surface area contributed by atoms with Gasteiger partial charge in [-0.1, -0.05) is 23.7 Å². The van der Waals surface area contributed by atoms with Crippen molar-refractivity contribution < 1.29 is 0 Å². The second kappa shape index (κ2) is 11.4. The fraction of sp³-hybridized carbons (Fsp3) is 0.286. The van der Waals surface area contributed by atoms with E-state index >= 15 is 0 Å². The number of anilines is 1. The summed E-state index contributed by atoms with van der Waals surface area (Å²) in [6.45, 7) is 4.11. The number of pyridine rings is 3. The quantitative estimate of drug-likeness (QED) is 0.265. The van der Waals surface area contributed by atoms with Crippen molar-refractivity contribution in [2.75, 3.05) is 31.5 Å². The van der Waals surface area contributed by atoms with Crippen LogP contribution in [0.3, 0.4) is 0 Å². The molecule has 0 radical (unpaired) electrons. The van der Waals surface area contributed by atoms with Gasteiger partial charge in [0.05, 0.1) is 22.9 Å². The maximum atomic E-state index is 6.10. The summed E-state index contributed by atoms with van der Waals surface area (Å²) in [4.78, 5) is 21.2. The molecule has 1 fully saturated rings. The minimum Gasteiger partial charge on any atom is -0.384 e. The van der Waals surface area contributed by atoms with E-state index < -0.39 is 0 Å². The molecule has 0 unspecified atom stereocenters. The molecule has 0 bridgehead atoms. The van der Waals surface area contributed by atoms with Crippen LogP contribution in [0.25, 0.3) is 10.9 Å². The smallest absolute Gasteiger partial charge is 0.109 e. The van der Waals surface area contributed by atoms with Crippen molar-refractivity contribution in [3.63, 3.8) is 0 Å². The highest BCUT2D eigenvalue weighted by molar-refractivity contribution is 6.31. The van der Waals surface area contributed by atoms with E-state index in [4.69, 9.17) is 16.6 Å². The molecule has 0 atom stereocenters. The van der Waals surface area contributed by atoms with Gasteiger partial charge in [-0.05, 0) is 74.3 Å². The molecule has 1 aromatic carbocycles. The lowest BCUT2D eigenvalue weighted by Crippen LogP contribution is -2.36. The normalized spacial score (nSPS) is 14.7. The van der Waals surface area contributed by atoms with Crippen molar-refractivity contribution in [3.05, 3.63) is 95.7 Å². The van der Waals surface area contributed by atoms with Crippen molar-refractivity contribution >= 4 is 33.9 Å². The molecule has 35 heavy (non-hydrogen) atoms. The Morgan fingerprint density at radius 2 is 1.66 bits per heavy atom. The first kappa shape index (κ1) is 23.4. The lowest BCUT2D eigenvalue weighted by atomic mass is 10.0. The number of fused-ring (bicyclic) bond motifs is 1. The summed E-state index contributed by atoms with van der Waals surface area (Å²) in [6.07, 6.45) is 8.64. The zero-order chi connectivity index (χ0) is 23.9. The predicted molar refractivity (Wildman–Crippen MR) is 143 cm³/mol. The van der Waals surface area contributed by atoms with Gasteiger partial charge in [-0.25, -0.2) is 0 Å². The Labute approximate surface area is 211 Å². The van der Waals surface area contributed by atoms with Crippen LogP contribution in [0.4, 0.5) is 5.69 Å². The Hall–Kier alpha value is -3.35. The SMILES string of the molecule is Clc1ccc2c(NCCCN3CCC(N=C(c4ccccn4)c4ccccn4)CC3)ccnc2c1. The lowest BCUT2D eigenvalue weighted by molar-refractivity contribution is 0.213. The molecule has 5 rings (SSSR count). The molecule has 3 aromatic heterocycles. The molecule has 4 aromatic rings. The summed E-state index contributed by atoms with van der Waals surface area (Å²) < 4.78 is 0. The van der Waals surface area contributed by atoms with Gasteiger partial charge in [-0.15, -0.1) is 0 Å². The first-order valence-corrected chi connectivity index (χ1v) is 12.6. The molecule has 0 saturated carbocycles. The number of aliphatic imine (C=N–C) groups is 1. The van der Waals surface area contributed by atoms with E-state index in [1.165, 1.54) is 0 Å². The topological polar surface area (TPSA) is 66.3 Å². The van der Waals surface area contributed by atoms with Gasteiger partial charge in [-0.2, -0.15) is 0 Å². The third-order valence-corrected chi connectivity index (χ3v) is 6.59. The van der Waals surface area contributed by atoms with E-state index in [2.05, 4.69) is 25.2 Å². The number of nitrogens with zero attached hydrogens (tertiary/aromatic N) is 5. The largest absolute Gasteiger partial charge is 0.384 e. The van der Waals surface area contributed by atoms with E-state index in [0.29, 0.717) is 11.1 Å². The van der Waals surface area contributed by atoms with Crippen molar-refractivity contribution in [2.24, 2.45) is 4.99 Å². The van der Waals surface area contributed by atoms with Crippen molar-refractivity contribution in [1.29, 1.82) is 0 Å². The third kappa shape index (κ3) is 6.02. The highest BCUT2D eigenvalue weighted by atomic mass is 35.5. The standard InChI is InChI=1S/C28H29ClN6/c29-21-8-9-23-24(10-16-33-27(23)20-21)30-15-5-17-35-18-11-22(12-19-35)34-28(25-6-1-3-13-31-25)26-7-2-4-14-32-26/h1-4,6-10,13-14,16,20,22H,5,11-12,15,17-19H2,(H,30,33). The molecular weight excluding hydrogens is 456 g/mol. The van der Waals surface area contributed by atoms with Gasteiger partial charge in [-0.3, -0.25) is 19.9 Å². The Morgan fingerprint density at radius 3 is 2.34 bits per heavy atom. The van der Waals surface area contributed by atoms with Gasteiger partial charge in [0.2, 0.25) is 0 Å². The molecule has 0 aliphatic carbocycles. The molecule has 6 nitrogen and oxygen atoms in total. The summed E-state index contributed by atoms with van der Waals surface area (Å²) in [5.41, 5.74) is 4.67. The van der Waals surface area contributed by atoms with E-state index in [1.807, 2.05) is 79.3 Å². The molecule has 4 heterocycles. The zero-order valence-electron chi connectivity index (χ0n) is 19.6. The highest BCUT2D eigenvalue weighted by Gasteiger charge is 2.20. The van der Waals surface area contributed by atoms with Crippen LogP contribution in [0.5, 0.6) is 0 Å². The van der Waals surface area contributed by atoms with E-state index in [-0.39, 0.29) is 0 Å². The second-order valence-electron chi connectivity index (χ2n) is 8.78. The van der Waals surface area contributed by atoms with Crippen molar-refractivity contribution in [2.45, 2.75) is 25.3 Å². The summed E-state index contributed by atoms with van der Waals surface area (Å²) in [5.74, 6) is 0. The minimum atomic E-state index is 0.290. The lowest BCUT2D eigenvalue weighted by Gasteiger charge is -2.30. The fourth-order valence-corrected chi connectivity index (χ4v) is 4.69. The van der Waals surface area contributed by atoms with Crippen LogP contribution in [0.15, 0.2) is 84.2 Å². The fourth-order valence-electron chi connectivity index (χ4n) is 4.52. The summed E-state index contributed by atoms with van der Waals surface area (Å²) in [7, 11) is 0. The number of hydrogen-bond acceptors (Lipinski definition) is 6. The van der Waals surface area contributed by atoms with Crippen LogP contribution in [-0.2, 0) is 0 Å². The van der Waals surface area contributed by atoms with Gasteiger partial charge >= 0.3 is 0 Å². The molecule has 1 aliphatic rings. The Morgan fingerprint density at radius 1 is 0.914 bits per heavy atom.